The molecule has 2 aromatic rings. The first-order valence-corrected chi connectivity index (χ1v) is 8.13. The lowest BCUT2D eigenvalue weighted by molar-refractivity contribution is 0.0496. The first-order valence-electron chi connectivity index (χ1n) is 8.13. The molecule has 4 nitrogen and oxygen atoms in total. The highest BCUT2D eigenvalue weighted by Gasteiger charge is 2.04. The second-order valence-corrected chi connectivity index (χ2v) is 4.94. The van der Waals surface area contributed by atoms with Gasteiger partial charge in [-0.05, 0) is 37.6 Å². The van der Waals surface area contributed by atoms with Crippen LogP contribution in [-0.2, 0) is 9.47 Å². The minimum atomic E-state index is -0.256. The van der Waals surface area contributed by atoms with Gasteiger partial charge in [-0.2, -0.15) is 0 Å². The van der Waals surface area contributed by atoms with Crippen molar-refractivity contribution in [1.29, 1.82) is 0 Å². The number of hydrogen-bond donors (Lipinski definition) is 0. The highest BCUT2D eigenvalue weighted by molar-refractivity contribution is 5.89. The Morgan fingerprint density at radius 2 is 1.21 bits per heavy atom. The van der Waals surface area contributed by atoms with Gasteiger partial charge in [-0.25, -0.2) is 9.59 Å². The lowest BCUT2D eigenvalue weighted by atomic mass is 10.2. The van der Waals surface area contributed by atoms with E-state index in [9.17, 15) is 9.59 Å². The van der Waals surface area contributed by atoms with Gasteiger partial charge in [-0.3, -0.25) is 0 Å². The number of hydrogen-bond acceptors (Lipinski definition) is 4. The molecule has 0 aliphatic rings. The van der Waals surface area contributed by atoms with Crippen LogP contribution in [0, 0.1) is 0 Å². The Labute approximate surface area is 143 Å². The largest absolute Gasteiger partial charge is 0.462 e. The Hall–Kier alpha value is -2.62. The third-order valence-electron chi connectivity index (χ3n) is 3.03. The SMILES string of the molecule is CCCCOC(=O)c1ccccc1.CCOC(=O)c1ccccc1. The van der Waals surface area contributed by atoms with E-state index in [4.69, 9.17) is 9.47 Å². The van der Waals surface area contributed by atoms with Crippen LogP contribution < -0.4 is 0 Å². The third-order valence-corrected chi connectivity index (χ3v) is 3.03. The second-order valence-electron chi connectivity index (χ2n) is 4.94. The van der Waals surface area contributed by atoms with Crippen LogP contribution in [0.2, 0.25) is 0 Å². The molecular weight excluding hydrogens is 304 g/mol. The van der Waals surface area contributed by atoms with Gasteiger partial charge < -0.3 is 9.47 Å². The van der Waals surface area contributed by atoms with Gasteiger partial charge in [0.1, 0.15) is 0 Å². The number of carbonyl (C=O) groups excluding carboxylic acids is 2. The molecule has 0 saturated heterocycles. The lowest BCUT2D eigenvalue weighted by Crippen LogP contribution is -2.05. The Bertz CT molecular complexity index is 594. The zero-order chi connectivity index (χ0) is 17.6. The van der Waals surface area contributed by atoms with E-state index in [0.29, 0.717) is 24.3 Å². The van der Waals surface area contributed by atoms with Crippen molar-refractivity contribution < 1.29 is 19.1 Å². The van der Waals surface area contributed by atoms with Crippen molar-refractivity contribution in [2.75, 3.05) is 13.2 Å². The Kier molecular flexibility index (Phi) is 9.62. The van der Waals surface area contributed by atoms with E-state index in [1.165, 1.54) is 0 Å². The predicted octanol–water partition coefficient (Wildman–Crippen LogP) is 4.51. The van der Waals surface area contributed by atoms with Gasteiger partial charge in [0.05, 0.1) is 24.3 Å². The zero-order valence-electron chi connectivity index (χ0n) is 14.2. The molecule has 4 heteroatoms. The molecule has 0 N–H and O–H groups in total. The number of benzene rings is 2. The summed E-state index contributed by atoms with van der Waals surface area (Å²) in [6.45, 7) is 4.80. The summed E-state index contributed by atoms with van der Waals surface area (Å²) in [5, 5.41) is 0. The molecule has 0 aliphatic carbocycles. The van der Waals surface area contributed by atoms with Gasteiger partial charge in [-0.1, -0.05) is 49.7 Å². The maximum Gasteiger partial charge on any atom is 0.338 e. The Morgan fingerprint density at radius 1 is 0.750 bits per heavy atom. The minimum absolute atomic E-state index is 0.228. The van der Waals surface area contributed by atoms with E-state index >= 15 is 0 Å². The average Bonchev–Trinajstić information content (AvgIpc) is 2.64. The number of ether oxygens (including phenoxy) is 2. The molecule has 0 aliphatic heterocycles. The maximum absolute atomic E-state index is 11.3. The van der Waals surface area contributed by atoms with Gasteiger partial charge >= 0.3 is 11.9 Å². The molecule has 0 aromatic heterocycles. The molecule has 0 radical (unpaired) electrons. The highest BCUT2D eigenvalue weighted by atomic mass is 16.5. The first kappa shape index (κ1) is 19.4. The molecule has 128 valence electrons. The Morgan fingerprint density at radius 3 is 1.62 bits per heavy atom. The van der Waals surface area contributed by atoms with Crippen molar-refractivity contribution in [3.63, 3.8) is 0 Å². The maximum atomic E-state index is 11.3. The molecule has 2 aromatic carbocycles. The van der Waals surface area contributed by atoms with Crippen LogP contribution in [-0.4, -0.2) is 25.2 Å². The van der Waals surface area contributed by atoms with Gasteiger partial charge in [0.15, 0.2) is 0 Å². The van der Waals surface area contributed by atoms with E-state index in [1.54, 1.807) is 31.2 Å². The van der Waals surface area contributed by atoms with Crippen LogP contribution >= 0.6 is 0 Å². The minimum Gasteiger partial charge on any atom is -0.462 e. The molecule has 0 amide bonds. The van der Waals surface area contributed by atoms with Gasteiger partial charge in [0, 0.05) is 0 Å². The summed E-state index contributed by atoms with van der Waals surface area (Å²) in [6, 6.07) is 18.0. The van der Waals surface area contributed by atoms with Crippen molar-refractivity contribution in [3.05, 3.63) is 71.8 Å². The van der Waals surface area contributed by atoms with E-state index in [0.717, 1.165) is 12.8 Å². The van der Waals surface area contributed by atoms with Crippen molar-refractivity contribution in [2.45, 2.75) is 26.7 Å². The molecule has 24 heavy (non-hydrogen) atoms. The number of rotatable bonds is 6. The summed E-state index contributed by atoms with van der Waals surface area (Å²) in [5.74, 6) is -0.484. The van der Waals surface area contributed by atoms with Crippen LogP contribution in [0.15, 0.2) is 60.7 Å². The zero-order valence-corrected chi connectivity index (χ0v) is 14.2. The van der Waals surface area contributed by atoms with Gasteiger partial charge in [0.2, 0.25) is 0 Å². The van der Waals surface area contributed by atoms with Gasteiger partial charge in [0.25, 0.3) is 0 Å². The standard InChI is InChI=1S/C11H14O2.C9H10O2/c1-2-3-9-13-11(12)10-7-5-4-6-8-10;1-2-11-9(10)8-6-4-3-5-7-8/h4-8H,2-3,9H2,1H3;3-7H,2H2,1H3. The predicted molar refractivity (Wildman–Crippen MR) is 94.0 cm³/mol. The molecule has 2 rings (SSSR count). The molecular formula is C20H24O4. The number of esters is 2. The number of unbranched alkanes of at least 4 members (excludes halogenated alkanes) is 1. The fourth-order valence-electron chi connectivity index (χ4n) is 1.76. The van der Waals surface area contributed by atoms with Crippen molar-refractivity contribution >= 4 is 11.9 Å². The molecule has 0 fully saturated rings. The van der Waals surface area contributed by atoms with Crippen molar-refractivity contribution in [2.24, 2.45) is 0 Å². The van der Waals surface area contributed by atoms with Crippen LogP contribution in [0.1, 0.15) is 47.4 Å². The summed E-state index contributed by atoms with van der Waals surface area (Å²) in [5.41, 5.74) is 1.23. The van der Waals surface area contributed by atoms with Crippen LogP contribution in [0.25, 0.3) is 0 Å². The fraction of sp³-hybridized carbons (Fsp3) is 0.300. The third kappa shape index (κ3) is 7.58. The van der Waals surface area contributed by atoms with Crippen LogP contribution in [0.4, 0.5) is 0 Å². The molecule has 0 bridgehead atoms. The summed E-state index contributed by atoms with van der Waals surface area (Å²) >= 11 is 0. The molecule has 0 saturated carbocycles. The summed E-state index contributed by atoms with van der Waals surface area (Å²) in [4.78, 5) is 22.3. The van der Waals surface area contributed by atoms with Crippen LogP contribution in [0.5, 0.6) is 0 Å². The summed E-state index contributed by atoms with van der Waals surface area (Å²) in [6.07, 6.45) is 1.97. The van der Waals surface area contributed by atoms with Gasteiger partial charge in [-0.15, -0.1) is 0 Å². The quantitative estimate of drug-likeness (QED) is 0.578. The summed E-state index contributed by atoms with van der Waals surface area (Å²) < 4.78 is 9.82. The first-order chi connectivity index (χ1) is 11.7. The Balaban J connectivity index is 0.000000243. The number of carbonyl (C=O) groups is 2. The van der Waals surface area contributed by atoms with E-state index in [2.05, 4.69) is 6.92 Å². The van der Waals surface area contributed by atoms with Crippen LogP contribution in [0.3, 0.4) is 0 Å². The normalized spacial score (nSPS) is 9.42. The van der Waals surface area contributed by atoms with E-state index in [-0.39, 0.29) is 11.9 Å². The lowest BCUT2D eigenvalue weighted by Gasteiger charge is -2.02. The smallest absolute Gasteiger partial charge is 0.338 e. The monoisotopic (exact) mass is 328 g/mol. The molecule has 0 spiro atoms. The second kappa shape index (κ2) is 11.9. The average molecular weight is 328 g/mol. The van der Waals surface area contributed by atoms with Crippen molar-refractivity contribution in [1.82, 2.24) is 0 Å². The highest BCUT2D eigenvalue weighted by Crippen LogP contribution is 2.02. The molecule has 0 unspecified atom stereocenters. The molecule has 0 heterocycles. The fourth-order valence-corrected chi connectivity index (χ4v) is 1.76. The van der Waals surface area contributed by atoms with E-state index < -0.39 is 0 Å². The van der Waals surface area contributed by atoms with E-state index in [1.807, 2.05) is 36.4 Å². The summed E-state index contributed by atoms with van der Waals surface area (Å²) in [7, 11) is 0. The molecule has 0 atom stereocenters. The van der Waals surface area contributed by atoms with Crippen molar-refractivity contribution in [3.8, 4) is 0 Å². The topological polar surface area (TPSA) is 52.6 Å².